The summed E-state index contributed by atoms with van der Waals surface area (Å²) in [5.41, 5.74) is 0. The van der Waals surface area contributed by atoms with Gasteiger partial charge in [-0.3, -0.25) is 9.59 Å². The Balaban J connectivity index is 2.40. The van der Waals surface area contributed by atoms with Crippen LogP contribution in [0.25, 0.3) is 0 Å². The van der Waals surface area contributed by atoms with E-state index in [1.54, 1.807) is 0 Å². The SMILES string of the molecule is CCCC/C=C/C/C=C/CCCCCCCC(=O)OC[C@H](CO[C@@H]1O[C@H](CO)[C@H](O)C(O)C1O)OC(=O)CCCC/C=C/C/C=C/CCCCCCCC. The van der Waals surface area contributed by atoms with Gasteiger partial charge in [0, 0.05) is 12.8 Å². The van der Waals surface area contributed by atoms with Crippen molar-refractivity contribution in [1.82, 2.24) is 0 Å². The number of allylic oxidation sites excluding steroid dienone is 8. The molecule has 10 heteroatoms. The fourth-order valence-electron chi connectivity index (χ4n) is 6.00. The predicted octanol–water partition coefficient (Wildman–Crippen LogP) is 8.49. The van der Waals surface area contributed by atoms with Crippen molar-refractivity contribution in [3.63, 3.8) is 0 Å². The molecule has 1 aliphatic heterocycles. The lowest BCUT2D eigenvalue weighted by molar-refractivity contribution is -0.305. The van der Waals surface area contributed by atoms with Gasteiger partial charge in [-0.25, -0.2) is 0 Å². The van der Waals surface area contributed by atoms with Crippen molar-refractivity contribution in [3.05, 3.63) is 48.6 Å². The van der Waals surface area contributed by atoms with Crippen LogP contribution in [0.1, 0.15) is 162 Å². The second-order valence-electron chi connectivity index (χ2n) is 14.4. The summed E-state index contributed by atoms with van der Waals surface area (Å²) in [6.07, 6.45) is 32.6. The van der Waals surface area contributed by atoms with Gasteiger partial charge in [-0.05, 0) is 70.6 Å². The highest BCUT2D eigenvalue weighted by molar-refractivity contribution is 5.70. The lowest BCUT2D eigenvalue weighted by atomic mass is 9.99. The first kappa shape index (κ1) is 49.7. The molecule has 1 saturated heterocycles. The van der Waals surface area contributed by atoms with Crippen molar-refractivity contribution < 1.29 is 49.0 Å². The van der Waals surface area contributed by atoms with Gasteiger partial charge in [-0.1, -0.05) is 127 Å². The average molecular weight is 765 g/mol. The van der Waals surface area contributed by atoms with E-state index in [0.29, 0.717) is 12.8 Å². The lowest BCUT2D eigenvalue weighted by Gasteiger charge is -2.39. The number of aliphatic hydroxyl groups excluding tert-OH is 4. The van der Waals surface area contributed by atoms with Gasteiger partial charge in [0.05, 0.1) is 13.2 Å². The molecule has 0 saturated carbocycles. The van der Waals surface area contributed by atoms with Crippen molar-refractivity contribution in [2.45, 2.75) is 198 Å². The normalized spacial score (nSPS) is 21.2. The number of unbranched alkanes of at least 4 members (excludes halogenated alkanes) is 15. The maximum atomic E-state index is 12.7. The number of hydrogen-bond acceptors (Lipinski definition) is 10. The molecule has 10 nitrogen and oxygen atoms in total. The zero-order valence-electron chi connectivity index (χ0n) is 33.7. The summed E-state index contributed by atoms with van der Waals surface area (Å²) in [5.74, 6) is -0.865. The largest absolute Gasteiger partial charge is 0.462 e. The Kier molecular flexibility index (Phi) is 32.3. The zero-order valence-corrected chi connectivity index (χ0v) is 33.7. The third kappa shape index (κ3) is 26.5. The van der Waals surface area contributed by atoms with Gasteiger partial charge in [0.25, 0.3) is 0 Å². The molecule has 1 aliphatic rings. The van der Waals surface area contributed by atoms with Crippen LogP contribution < -0.4 is 0 Å². The molecule has 1 fully saturated rings. The minimum atomic E-state index is -1.60. The first-order chi connectivity index (χ1) is 26.3. The van der Waals surface area contributed by atoms with Gasteiger partial charge in [0.15, 0.2) is 12.4 Å². The summed E-state index contributed by atoms with van der Waals surface area (Å²) < 4.78 is 22.1. The fraction of sp³-hybridized carbons (Fsp3) is 0.773. The molecule has 2 unspecified atom stereocenters. The molecular weight excluding hydrogens is 688 g/mol. The van der Waals surface area contributed by atoms with Crippen LogP contribution in [0.4, 0.5) is 0 Å². The topological polar surface area (TPSA) is 152 Å². The number of esters is 2. The highest BCUT2D eigenvalue weighted by Gasteiger charge is 2.44. The van der Waals surface area contributed by atoms with Crippen LogP contribution >= 0.6 is 0 Å². The first-order valence-electron chi connectivity index (χ1n) is 21.2. The molecular formula is C44H76O10. The summed E-state index contributed by atoms with van der Waals surface area (Å²) in [6, 6.07) is 0. The zero-order chi connectivity index (χ0) is 39.5. The van der Waals surface area contributed by atoms with Crippen molar-refractivity contribution in [1.29, 1.82) is 0 Å². The number of hydrogen-bond donors (Lipinski definition) is 4. The van der Waals surface area contributed by atoms with Crippen molar-refractivity contribution in [3.8, 4) is 0 Å². The summed E-state index contributed by atoms with van der Waals surface area (Å²) in [4.78, 5) is 25.2. The van der Waals surface area contributed by atoms with Crippen LogP contribution in [-0.2, 0) is 28.5 Å². The summed E-state index contributed by atoms with van der Waals surface area (Å²) in [6.45, 7) is 3.31. The molecule has 0 bridgehead atoms. The molecule has 1 rings (SSSR count). The molecule has 0 amide bonds. The lowest BCUT2D eigenvalue weighted by Crippen LogP contribution is -2.59. The van der Waals surface area contributed by atoms with Crippen LogP contribution in [0.15, 0.2) is 48.6 Å². The summed E-state index contributed by atoms with van der Waals surface area (Å²) >= 11 is 0. The smallest absolute Gasteiger partial charge is 0.306 e. The highest BCUT2D eigenvalue weighted by atomic mass is 16.7. The standard InChI is InChI=1S/C44H76O10/c1-3-5-7-9-11-13-15-17-19-21-23-25-27-29-31-33-40(47)53-37(36-52-44-43(50)42(49)41(48)38(34-45)54-44)35-51-39(46)32-30-28-26-24-22-20-18-16-14-12-10-8-6-4-2/h10,12,16-19,23,25,37-38,41-45,48-50H,3-9,11,13-15,20-22,24,26-36H2,1-2H3/b12-10+,18-16+,19-17+,25-23+/t37-,38-,41+,42?,43?,44-/m1/s1. The van der Waals surface area contributed by atoms with Crippen LogP contribution in [0.5, 0.6) is 0 Å². The molecule has 54 heavy (non-hydrogen) atoms. The average Bonchev–Trinajstić information content (AvgIpc) is 3.17. The molecule has 312 valence electrons. The Morgan fingerprint density at radius 3 is 1.63 bits per heavy atom. The van der Waals surface area contributed by atoms with Gasteiger partial charge in [0.2, 0.25) is 0 Å². The monoisotopic (exact) mass is 765 g/mol. The second-order valence-corrected chi connectivity index (χ2v) is 14.4. The molecule has 0 aromatic carbocycles. The first-order valence-corrected chi connectivity index (χ1v) is 21.2. The van der Waals surface area contributed by atoms with Gasteiger partial charge in [-0.15, -0.1) is 0 Å². The molecule has 0 radical (unpaired) electrons. The van der Waals surface area contributed by atoms with E-state index < -0.39 is 55.4 Å². The van der Waals surface area contributed by atoms with E-state index in [4.69, 9.17) is 18.9 Å². The van der Waals surface area contributed by atoms with Gasteiger partial charge in [-0.2, -0.15) is 0 Å². The van der Waals surface area contributed by atoms with Gasteiger partial charge in [0.1, 0.15) is 31.0 Å². The van der Waals surface area contributed by atoms with Crippen molar-refractivity contribution in [2.75, 3.05) is 19.8 Å². The molecule has 0 aromatic rings. The fourth-order valence-corrected chi connectivity index (χ4v) is 6.00. The molecule has 1 heterocycles. The van der Waals surface area contributed by atoms with E-state index in [2.05, 4.69) is 62.5 Å². The van der Waals surface area contributed by atoms with Crippen LogP contribution in [0, 0.1) is 0 Å². The minimum absolute atomic E-state index is 0.183. The Bertz CT molecular complexity index is 1020. The third-order valence-corrected chi connectivity index (χ3v) is 9.44. The minimum Gasteiger partial charge on any atom is -0.462 e. The molecule has 0 aliphatic carbocycles. The maximum absolute atomic E-state index is 12.7. The van der Waals surface area contributed by atoms with Crippen LogP contribution in [0.3, 0.4) is 0 Å². The van der Waals surface area contributed by atoms with Gasteiger partial charge < -0.3 is 39.4 Å². The summed E-state index contributed by atoms with van der Waals surface area (Å²) in [7, 11) is 0. The number of aliphatic hydroxyl groups is 4. The Labute approximate surface area is 327 Å². The molecule has 0 spiro atoms. The van der Waals surface area contributed by atoms with E-state index in [1.807, 2.05) is 0 Å². The number of carbonyl (C=O) groups excluding carboxylic acids is 2. The molecule has 4 N–H and O–H groups in total. The predicted molar refractivity (Wildman–Crippen MR) is 215 cm³/mol. The molecule has 6 atom stereocenters. The maximum Gasteiger partial charge on any atom is 0.306 e. The quantitative estimate of drug-likeness (QED) is 0.0285. The third-order valence-electron chi connectivity index (χ3n) is 9.44. The Hall–Kier alpha value is -2.34. The Morgan fingerprint density at radius 2 is 1.06 bits per heavy atom. The molecule has 0 aromatic heterocycles. The Morgan fingerprint density at radius 1 is 0.574 bits per heavy atom. The van der Waals surface area contributed by atoms with E-state index in [9.17, 15) is 30.0 Å². The summed E-state index contributed by atoms with van der Waals surface area (Å²) in [5, 5.41) is 40.0. The number of rotatable bonds is 34. The van der Waals surface area contributed by atoms with E-state index in [-0.39, 0.29) is 26.1 Å². The van der Waals surface area contributed by atoms with Crippen LogP contribution in [-0.4, -0.2) is 89.0 Å². The highest BCUT2D eigenvalue weighted by Crippen LogP contribution is 2.22. The second kappa shape index (κ2) is 35.1. The van der Waals surface area contributed by atoms with E-state index in [1.165, 1.54) is 51.4 Å². The van der Waals surface area contributed by atoms with Crippen molar-refractivity contribution >= 4 is 11.9 Å². The van der Waals surface area contributed by atoms with E-state index in [0.717, 1.165) is 70.6 Å². The van der Waals surface area contributed by atoms with Crippen LogP contribution in [0.2, 0.25) is 0 Å². The van der Waals surface area contributed by atoms with Crippen molar-refractivity contribution in [2.24, 2.45) is 0 Å². The number of carbonyl (C=O) groups is 2. The van der Waals surface area contributed by atoms with E-state index >= 15 is 0 Å². The number of ether oxygens (including phenoxy) is 4. The van der Waals surface area contributed by atoms with Gasteiger partial charge >= 0.3 is 11.9 Å².